The maximum Gasteiger partial charge on any atom is 0.336 e. The number of nitrogens with zero attached hydrogens (tertiary/aromatic N) is 1. The van der Waals surface area contributed by atoms with E-state index in [9.17, 15) is 9.59 Å². The van der Waals surface area contributed by atoms with Crippen LogP contribution in [0.1, 0.15) is 22.3 Å². The van der Waals surface area contributed by atoms with Crippen LogP contribution in [0.25, 0.3) is 6.08 Å². The van der Waals surface area contributed by atoms with Gasteiger partial charge in [0, 0.05) is 6.08 Å². The Kier molecular flexibility index (Phi) is 8.57. The van der Waals surface area contributed by atoms with E-state index in [-0.39, 0.29) is 12.4 Å². The van der Waals surface area contributed by atoms with E-state index in [2.05, 4.69) is 10.5 Å². The summed E-state index contributed by atoms with van der Waals surface area (Å²) in [5.41, 5.74) is 6.19. The maximum atomic E-state index is 12.1. The van der Waals surface area contributed by atoms with Crippen molar-refractivity contribution in [2.75, 3.05) is 13.7 Å². The second-order valence-electron chi connectivity index (χ2n) is 7.40. The lowest BCUT2D eigenvalue weighted by molar-refractivity contribution is -0.129. The number of esters is 1. The number of methoxy groups -OCH3 is 1. The van der Waals surface area contributed by atoms with Gasteiger partial charge < -0.3 is 14.2 Å². The zero-order valence-electron chi connectivity index (χ0n) is 19.3. The van der Waals surface area contributed by atoms with Crippen LogP contribution in [0.15, 0.2) is 77.9 Å². The third kappa shape index (κ3) is 7.34. The molecule has 0 aliphatic rings. The Labute approximate surface area is 198 Å². The Hall–Kier alpha value is -4.39. The van der Waals surface area contributed by atoms with Crippen LogP contribution in [0.2, 0.25) is 0 Å². The second kappa shape index (κ2) is 12.0. The molecule has 0 aliphatic heterocycles. The SMILES string of the molecule is COc1cc(/C=N\NC(=O)COc2ccc(C)c(C)c2)ccc1OC(=O)/C=C/c1ccccc1. The molecule has 3 aromatic carbocycles. The highest BCUT2D eigenvalue weighted by Gasteiger charge is 2.09. The van der Waals surface area contributed by atoms with Gasteiger partial charge in [-0.1, -0.05) is 36.4 Å². The molecule has 0 saturated heterocycles. The Morgan fingerprint density at radius 3 is 2.44 bits per heavy atom. The molecule has 0 fully saturated rings. The maximum absolute atomic E-state index is 12.1. The number of benzene rings is 3. The van der Waals surface area contributed by atoms with E-state index >= 15 is 0 Å². The molecule has 0 atom stereocenters. The third-order valence-corrected chi connectivity index (χ3v) is 4.86. The third-order valence-electron chi connectivity index (χ3n) is 4.86. The number of hydrogen-bond acceptors (Lipinski definition) is 6. The van der Waals surface area contributed by atoms with Gasteiger partial charge in [-0.3, -0.25) is 4.79 Å². The van der Waals surface area contributed by atoms with Gasteiger partial charge in [0.1, 0.15) is 5.75 Å². The largest absolute Gasteiger partial charge is 0.493 e. The minimum Gasteiger partial charge on any atom is -0.493 e. The average molecular weight is 459 g/mol. The minimum atomic E-state index is -0.528. The number of aryl methyl sites for hydroxylation is 2. The Bertz CT molecular complexity index is 1200. The number of rotatable bonds is 9. The first-order valence-corrected chi connectivity index (χ1v) is 10.6. The van der Waals surface area contributed by atoms with Crippen LogP contribution < -0.4 is 19.6 Å². The van der Waals surface area contributed by atoms with Crippen molar-refractivity contribution in [2.24, 2.45) is 5.10 Å². The zero-order chi connectivity index (χ0) is 24.3. The number of amides is 1. The lowest BCUT2D eigenvalue weighted by atomic mass is 10.1. The molecule has 3 rings (SSSR count). The molecule has 1 N–H and O–H groups in total. The molecule has 3 aromatic rings. The zero-order valence-corrected chi connectivity index (χ0v) is 19.3. The van der Waals surface area contributed by atoms with Gasteiger partial charge in [0.05, 0.1) is 13.3 Å². The van der Waals surface area contributed by atoms with Crippen molar-refractivity contribution in [1.29, 1.82) is 0 Å². The van der Waals surface area contributed by atoms with E-state index in [1.807, 2.05) is 62.4 Å². The Balaban J connectivity index is 1.52. The summed E-state index contributed by atoms with van der Waals surface area (Å²) in [6.07, 6.45) is 4.47. The summed E-state index contributed by atoms with van der Waals surface area (Å²) < 4.78 is 16.2. The predicted octanol–water partition coefficient (Wildman–Crippen LogP) is 4.46. The molecule has 174 valence electrons. The second-order valence-corrected chi connectivity index (χ2v) is 7.40. The normalized spacial score (nSPS) is 10.9. The lowest BCUT2D eigenvalue weighted by Gasteiger charge is -2.09. The first-order valence-electron chi connectivity index (χ1n) is 10.6. The van der Waals surface area contributed by atoms with Gasteiger partial charge in [0.25, 0.3) is 5.91 Å². The van der Waals surface area contributed by atoms with E-state index < -0.39 is 11.9 Å². The monoisotopic (exact) mass is 458 g/mol. The number of nitrogens with one attached hydrogen (secondary N) is 1. The first-order chi connectivity index (χ1) is 16.4. The quantitative estimate of drug-likeness (QED) is 0.168. The number of carbonyl (C=O) groups excluding carboxylic acids is 2. The Morgan fingerprint density at radius 2 is 1.71 bits per heavy atom. The van der Waals surface area contributed by atoms with E-state index in [0.29, 0.717) is 17.1 Å². The molecular formula is C27H26N2O5. The molecule has 34 heavy (non-hydrogen) atoms. The molecule has 7 heteroatoms. The Morgan fingerprint density at radius 1 is 0.912 bits per heavy atom. The van der Waals surface area contributed by atoms with Crippen LogP contribution in [-0.2, 0) is 9.59 Å². The van der Waals surface area contributed by atoms with Crippen LogP contribution in [0.5, 0.6) is 17.2 Å². The molecule has 0 aromatic heterocycles. The van der Waals surface area contributed by atoms with Crippen LogP contribution in [0, 0.1) is 13.8 Å². The van der Waals surface area contributed by atoms with Gasteiger partial charge in [-0.25, -0.2) is 10.2 Å². The van der Waals surface area contributed by atoms with E-state index in [1.54, 1.807) is 24.3 Å². The number of hydrazone groups is 1. The van der Waals surface area contributed by atoms with Gasteiger partial charge in [0.2, 0.25) is 0 Å². The van der Waals surface area contributed by atoms with Crippen LogP contribution in [0.3, 0.4) is 0 Å². The molecule has 1 amide bonds. The molecule has 0 heterocycles. The van der Waals surface area contributed by atoms with Crippen LogP contribution in [-0.4, -0.2) is 31.8 Å². The van der Waals surface area contributed by atoms with Crippen molar-refractivity contribution in [2.45, 2.75) is 13.8 Å². The summed E-state index contributed by atoms with van der Waals surface area (Å²) in [5.74, 6) is 0.329. The number of carbonyl (C=O) groups is 2. The van der Waals surface area contributed by atoms with Crippen LogP contribution in [0.4, 0.5) is 0 Å². The van der Waals surface area contributed by atoms with Crippen molar-refractivity contribution in [3.8, 4) is 17.2 Å². The van der Waals surface area contributed by atoms with Gasteiger partial charge in [0.15, 0.2) is 18.1 Å². The average Bonchev–Trinajstić information content (AvgIpc) is 2.85. The molecule has 0 bridgehead atoms. The van der Waals surface area contributed by atoms with Gasteiger partial charge >= 0.3 is 5.97 Å². The molecule has 0 aliphatic carbocycles. The van der Waals surface area contributed by atoms with Crippen LogP contribution >= 0.6 is 0 Å². The molecule has 0 unspecified atom stereocenters. The summed E-state index contributed by atoms with van der Waals surface area (Å²) in [4.78, 5) is 24.1. The van der Waals surface area contributed by atoms with Crippen molar-refractivity contribution in [1.82, 2.24) is 5.43 Å². The summed E-state index contributed by atoms with van der Waals surface area (Å²) in [6, 6.07) is 20.0. The minimum absolute atomic E-state index is 0.158. The van der Waals surface area contributed by atoms with Crippen molar-refractivity contribution >= 4 is 24.2 Å². The van der Waals surface area contributed by atoms with E-state index in [0.717, 1.165) is 16.7 Å². The molecule has 0 saturated carbocycles. The summed E-state index contributed by atoms with van der Waals surface area (Å²) in [7, 11) is 1.47. The molecule has 0 radical (unpaired) electrons. The summed E-state index contributed by atoms with van der Waals surface area (Å²) >= 11 is 0. The smallest absolute Gasteiger partial charge is 0.336 e. The lowest BCUT2D eigenvalue weighted by Crippen LogP contribution is -2.24. The summed E-state index contributed by atoms with van der Waals surface area (Å²) in [6.45, 7) is 3.83. The standard InChI is InChI=1S/C27H26N2O5/c1-19-9-12-23(15-20(19)2)33-18-26(30)29-28-17-22-10-13-24(25(16-22)32-3)34-27(31)14-11-21-7-5-4-6-8-21/h4-17H,18H2,1-3H3,(H,29,30)/b14-11+,28-17-. The highest BCUT2D eigenvalue weighted by molar-refractivity contribution is 5.89. The summed E-state index contributed by atoms with van der Waals surface area (Å²) in [5, 5.41) is 3.94. The fourth-order valence-electron chi connectivity index (χ4n) is 2.88. The van der Waals surface area contributed by atoms with Crippen molar-refractivity contribution in [3.63, 3.8) is 0 Å². The molecule has 0 spiro atoms. The van der Waals surface area contributed by atoms with Crippen molar-refractivity contribution in [3.05, 3.63) is 95.1 Å². The highest BCUT2D eigenvalue weighted by atomic mass is 16.6. The highest BCUT2D eigenvalue weighted by Crippen LogP contribution is 2.28. The van der Waals surface area contributed by atoms with E-state index in [4.69, 9.17) is 14.2 Å². The van der Waals surface area contributed by atoms with Crippen molar-refractivity contribution < 1.29 is 23.8 Å². The fourth-order valence-corrected chi connectivity index (χ4v) is 2.88. The van der Waals surface area contributed by atoms with Gasteiger partial charge in [-0.05, 0) is 72.5 Å². The first kappa shape index (κ1) is 24.3. The topological polar surface area (TPSA) is 86.2 Å². The predicted molar refractivity (Wildman–Crippen MR) is 131 cm³/mol. The molecule has 7 nitrogen and oxygen atoms in total. The molecular weight excluding hydrogens is 432 g/mol. The van der Waals surface area contributed by atoms with E-state index in [1.165, 1.54) is 19.4 Å². The fraction of sp³-hybridized carbons (Fsp3) is 0.148. The number of ether oxygens (including phenoxy) is 3. The van der Waals surface area contributed by atoms with Gasteiger partial charge in [-0.2, -0.15) is 5.10 Å². The van der Waals surface area contributed by atoms with Gasteiger partial charge in [-0.15, -0.1) is 0 Å². The number of hydrogen-bond donors (Lipinski definition) is 1.